The second kappa shape index (κ2) is 16.9. The first kappa shape index (κ1) is 40.5. The molecule has 0 radical (unpaired) electrons. The lowest BCUT2D eigenvalue weighted by molar-refractivity contribution is -0.310. The van der Waals surface area contributed by atoms with E-state index in [0.717, 1.165) is 0 Å². The van der Waals surface area contributed by atoms with E-state index >= 15 is 0 Å². The third kappa shape index (κ3) is 9.67. The molecule has 19 atom stereocenters. The zero-order valence-electron chi connectivity index (χ0n) is 24.8. The third-order valence-corrected chi connectivity index (χ3v) is 8.32. The first-order valence-electron chi connectivity index (χ1n) is 14.5. The van der Waals surface area contributed by atoms with Crippen molar-refractivity contribution in [3.05, 3.63) is 0 Å². The highest BCUT2D eigenvalue weighted by atomic mass is 32.3. The zero-order chi connectivity index (χ0) is 35.5. The van der Waals surface area contributed by atoms with Crippen molar-refractivity contribution in [2.24, 2.45) is 28.7 Å². The molecule has 20 N–H and O–H groups in total. The Bertz CT molecular complexity index is 1070. The van der Waals surface area contributed by atoms with Crippen molar-refractivity contribution in [2.75, 3.05) is 19.8 Å². The van der Waals surface area contributed by atoms with Crippen LogP contribution in [0.5, 0.6) is 0 Å². The van der Waals surface area contributed by atoms with E-state index in [4.69, 9.17) is 74.6 Å². The fourth-order valence-electron chi connectivity index (χ4n) is 5.70. The molecule has 4 fully saturated rings. The summed E-state index contributed by atoms with van der Waals surface area (Å²) in [6.07, 6.45) is -20.5. The number of hydrogen-bond donors (Lipinski definition) is 15. The van der Waals surface area contributed by atoms with Crippen molar-refractivity contribution in [1.29, 1.82) is 0 Å². The van der Waals surface area contributed by atoms with E-state index in [2.05, 4.69) is 0 Å². The van der Waals surface area contributed by atoms with Gasteiger partial charge in [0.1, 0.15) is 67.1 Å². The molecule has 1 saturated carbocycles. The Labute approximate surface area is 268 Å². The van der Waals surface area contributed by atoms with Gasteiger partial charge >= 0.3 is 10.4 Å². The molecule has 3 heterocycles. The van der Waals surface area contributed by atoms with Gasteiger partial charge in [-0.05, 0) is 6.42 Å². The number of ether oxygens (including phenoxy) is 6. The molecule has 47 heavy (non-hydrogen) atoms. The Morgan fingerprint density at radius 3 is 1.49 bits per heavy atom. The van der Waals surface area contributed by atoms with Crippen molar-refractivity contribution >= 4 is 10.4 Å². The van der Waals surface area contributed by atoms with Gasteiger partial charge in [0.05, 0.1) is 31.4 Å². The topological polar surface area (TPSA) is 422 Å². The summed E-state index contributed by atoms with van der Waals surface area (Å²) < 4.78 is 66.0. The molecule has 0 aromatic heterocycles. The van der Waals surface area contributed by atoms with Gasteiger partial charge in [-0.25, -0.2) is 0 Å². The predicted octanol–water partition coefficient (Wildman–Crippen LogP) is -9.51. The van der Waals surface area contributed by atoms with Gasteiger partial charge in [-0.2, -0.15) is 8.42 Å². The van der Waals surface area contributed by atoms with Crippen LogP contribution in [0.2, 0.25) is 0 Å². The zero-order valence-corrected chi connectivity index (χ0v) is 25.6. The molecule has 0 spiro atoms. The SMILES string of the molecule is NC[C@@H]1OC(O[C@H]2[C@H](O)C(O[C@H]3[C@@H](O)[C@H](N)C[C@H](N)[C@H]3OC3O[C@H](CO)[C@@H](O)[C@@H](O)[C@H]3N)O[C@@H]2CO)[C@@H](N)[C@@H](O)[C@@H]1O.O=S(=O)(O)O. The molecule has 23 nitrogen and oxygen atoms in total. The quantitative estimate of drug-likeness (QED) is 0.0986. The van der Waals surface area contributed by atoms with E-state index in [-0.39, 0.29) is 13.0 Å². The van der Waals surface area contributed by atoms with Crippen LogP contribution in [0.3, 0.4) is 0 Å². The second-order valence-corrected chi connectivity index (χ2v) is 12.5. The molecule has 3 saturated heterocycles. The van der Waals surface area contributed by atoms with Gasteiger partial charge < -0.3 is 97.9 Å². The van der Waals surface area contributed by atoms with Crippen molar-refractivity contribution in [1.82, 2.24) is 0 Å². The fourth-order valence-corrected chi connectivity index (χ4v) is 5.70. The van der Waals surface area contributed by atoms with Crippen molar-refractivity contribution in [2.45, 2.75) is 123 Å². The normalized spacial score (nSPS) is 49.3. The minimum atomic E-state index is -4.67. The largest absolute Gasteiger partial charge is 0.394 e. The third-order valence-electron chi connectivity index (χ3n) is 8.32. The van der Waals surface area contributed by atoms with Crippen LogP contribution in [0.1, 0.15) is 6.42 Å². The summed E-state index contributed by atoms with van der Waals surface area (Å²) in [7, 11) is -4.67. The Kier molecular flexibility index (Phi) is 14.6. The highest BCUT2D eigenvalue weighted by Crippen LogP contribution is 2.34. The summed E-state index contributed by atoms with van der Waals surface area (Å²) >= 11 is 0. The van der Waals surface area contributed by atoms with Crippen LogP contribution < -0.4 is 28.7 Å². The van der Waals surface area contributed by atoms with Crippen LogP contribution in [-0.2, 0) is 38.8 Å². The molecule has 3 aliphatic heterocycles. The van der Waals surface area contributed by atoms with Crippen molar-refractivity contribution < 1.29 is 86.8 Å². The van der Waals surface area contributed by atoms with Gasteiger partial charge in [-0.1, -0.05) is 0 Å². The van der Waals surface area contributed by atoms with E-state index in [0.29, 0.717) is 0 Å². The first-order valence-corrected chi connectivity index (χ1v) is 15.9. The van der Waals surface area contributed by atoms with Crippen LogP contribution in [0.25, 0.3) is 0 Å². The summed E-state index contributed by atoms with van der Waals surface area (Å²) in [6.45, 7) is -1.49. The summed E-state index contributed by atoms with van der Waals surface area (Å²) in [5.41, 5.74) is 29.9. The van der Waals surface area contributed by atoms with Gasteiger partial charge in [-0.3, -0.25) is 9.11 Å². The van der Waals surface area contributed by atoms with Gasteiger partial charge in [0.2, 0.25) is 0 Å². The minimum absolute atomic E-state index is 0.0642. The molecule has 0 amide bonds. The highest BCUT2D eigenvalue weighted by molar-refractivity contribution is 7.79. The molecular formula is C23H47N5O18S. The summed E-state index contributed by atoms with van der Waals surface area (Å²) in [6, 6.07) is -4.30. The number of aliphatic hydroxyl groups excluding tert-OH is 8. The number of hydrogen-bond acceptors (Lipinski definition) is 21. The lowest BCUT2D eigenvalue weighted by Crippen LogP contribution is -2.68. The Morgan fingerprint density at radius 2 is 1.00 bits per heavy atom. The van der Waals surface area contributed by atoms with E-state index in [1.165, 1.54) is 0 Å². The average molecular weight is 714 g/mol. The van der Waals surface area contributed by atoms with E-state index in [1.54, 1.807) is 0 Å². The molecule has 278 valence electrons. The van der Waals surface area contributed by atoms with Gasteiger partial charge in [0.25, 0.3) is 0 Å². The molecule has 4 aliphatic rings. The molecule has 0 bridgehead atoms. The average Bonchev–Trinajstić information content (AvgIpc) is 3.30. The molecule has 1 aliphatic carbocycles. The van der Waals surface area contributed by atoms with Crippen LogP contribution >= 0.6 is 0 Å². The lowest BCUT2D eigenvalue weighted by Gasteiger charge is -2.47. The summed E-state index contributed by atoms with van der Waals surface area (Å²) in [5.74, 6) is 0. The number of rotatable bonds is 9. The molecule has 3 unspecified atom stereocenters. The van der Waals surface area contributed by atoms with E-state index in [1.807, 2.05) is 0 Å². The number of nitrogens with two attached hydrogens (primary N) is 5. The van der Waals surface area contributed by atoms with Crippen LogP contribution in [0, 0.1) is 0 Å². The Morgan fingerprint density at radius 1 is 0.574 bits per heavy atom. The first-order chi connectivity index (χ1) is 21.8. The van der Waals surface area contributed by atoms with Crippen LogP contribution in [0.4, 0.5) is 0 Å². The molecular weight excluding hydrogens is 666 g/mol. The monoisotopic (exact) mass is 713 g/mol. The Hall–Kier alpha value is -0.890. The smallest absolute Gasteiger partial charge is 0.394 e. The van der Waals surface area contributed by atoms with Gasteiger partial charge in [-0.15, -0.1) is 0 Å². The minimum Gasteiger partial charge on any atom is -0.394 e. The van der Waals surface area contributed by atoms with Gasteiger partial charge in [0.15, 0.2) is 18.9 Å². The van der Waals surface area contributed by atoms with Gasteiger partial charge in [0, 0.05) is 18.6 Å². The second-order valence-electron chi connectivity index (χ2n) is 11.6. The maximum atomic E-state index is 11.1. The number of aliphatic hydroxyl groups is 8. The Balaban J connectivity index is 0.00000111. The highest BCUT2D eigenvalue weighted by Gasteiger charge is 2.54. The molecule has 4 rings (SSSR count). The van der Waals surface area contributed by atoms with Crippen molar-refractivity contribution in [3.8, 4) is 0 Å². The van der Waals surface area contributed by atoms with Crippen LogP contribution in [0.15, 0.2) is 0 Å². The maximum Gasteiger partial charge on any atom is 0.394 e. The predicted molar refractivity (Wildman–Crippen MR) is 151 cm³/mol. The van der Waals surface area contributed by atoms with E-state index in [9.17, 15) is 40.9 Å². The molecule has 0 aromatic rings. The molecule has 0 aromatic carbocycles. The van der Waals surface area contributed by atoms with Crippen molar-refractivity contribution in [3.63, 3.8) is 0 Å². The van der Waals surface area contributed by atoms with Crippen LogP contribution in [-0.4, -0.2) is 194 Å². The maximum absolute atomic E-state index is 11.1. The summed E-state index contributed by atoms with van der Waals surface area (Å²) in [5, 5.41) is 82.3. The van der Waals surface area contributed by atoms with E-state index < -0.39 is 140 Å². The molecule has 24 heteroatoms. The summed E-state index contributed by atoms with van der Waals surface area (Å²) in [4.78, 5) is 0. The fraction of sp³-hybridized carbons (Fsp3) is 1.00. The standard InChI is InChI=1S/C23H45N5O14.H2O4S/c24-2-7-13(32)15(34)10(27)21(37-7)41-19-9(4-30)39-23(17(19)36)42-20-12(31)5(25)1-6(26)18(20)40-22-11(28)16(35)14(33)8(3-29)38-22;1-5(2,3)4/h5-23,29-36H,1-4,24-28H2;(H2,1,2,3,4)/t5-,6+,7+,8-,9-,10+,11-,12+,13-,14-,15-,16+,17+,18-,19-,20+,21?,22?,23?;/m1./s1. The lowest BCUT2D eigenvalue weighted by atomic mass is 9.84.